The second-order valence-electron chi connectivity index (χ2n) is 11.1. The molecule has 14 heteroatoms. The van der Waals surface area contributed by atoms with Crippen LogP contribution < -0.4 is 0 Å². The van der Waals surface area contributed by atoms with Crippen LogP contribution in [0.3, 0.4) is 0 Å². The molecule has 0 radical (unpaired) electrons. The van der Waals surface area contributed by atoms with Crippen LogP contribution in [0.1, 0.15) is 59.4 Å². The summed E-state index contributed by atoms with van der Waals surface area (Å²) in [7, 11) is -6.24. The van der Waals surface area contributed by atoms with Crippen molar-refractivity contribution < 1.29 is 43.5 Å². The highest BCUT2D eigenvalue weighted by Gasteiger charge is 2.43. The zero-order valence-corrected chi connectivity index (χ0v) is 29.6. The second-order valence-corrected chi connectivity index (χ2v) is 16.7. The lowest BCUT2D eigenvalue weighted by molar-refractivity contribution is 0.345. The fraction of sp³-hybridized carbons (Fsp3) is 0.294. The first-order valence-corrected chi connectivity index (χ1v) is 18.7. The maximum absolute atomic E-state index is 15.2. The van der Waals surface area contributed by atoms with Gasteiger partial charge in [0, 0.05) is 30.4 Å². The lowest BCUT2D eigenvalue weighted by atomic mass is 9.77. The smallest absolute Gasteiger partial charge is 0.218 e. The van der Waals surface area contributed by atoms with Crippen molar-refractivity contribution in [3.05, 3.63) is 101 Å². The summed E-state index contributed by atoms with van der Waals surface area (Å²) < 4.78 is 148. The molecule has 0 aromatic heterocycles. The number of halogens is 8. The molecule has 258 valence electrons. The molecule has 0 saturated carbocycles. The van der Waals surface area contributed by atoms with E-state index in [-0.39, 0.29) is 29.5 Å². The second kappa shape index (κ2) is 15.1. The third-order valence-electron chi connectivity index (χ3n) is 8.12. The van der Waals surface area contributed by atoms with Gasteiger partial charge in [-0.15, -0.1) is 11.8 Å². The number of thioether (sulfide) groups is 1. The quantitative estimate of drug-likeness (QED) is 0.0818. The van der Waals surface area contributed by atoms with Gasteiger partial charge in [-0.05, 0) is 73.2 Å². The molecule has 4 aromatic rings. The molecule has 0 aliphatic heterocycles. The lowest BCUT2D eigenvalue weighted by Gasteiger charge is -2.29. The average molecular weight is 751 g/mol. The van der Waals surface area contributed by atoms with E-state index >= 15 is 35.1 Å². The number of hydrogen-bond acceptors (Lipinski definition) is 5. The topological polar surface area (TPSA) is 34.1 Å². The van der Waals surface area contributed by atoms with Gasteiger partial charge in [0.15, 0.2) is 46.5 Å². The van der Waals surface area contributed by atoms with E-state index in [4.69, 9.17) is 0 Å². The summed E-state index contributed by atoms with van der Waals surface area (Å²) in [5, 5.41) is 0.464. The van der Waals surface area contributed by atoms with Crippen molar-refractivity contribution in [1.29, 1.82) is 0 Å². The van der Waals surface area contributed by atoms with Gasteiger partial charge in [-0.1, -0.05) is 58.1 Å². The van der Waals surface area contributed by atoms with E-state index in [1.807, 2.05) is 24.3 Å². The van der Waals surface area contributed by atoms with Crippen LogP contribution in [0.2, 0.25) is 0 Å². The van der Waals surface area contributed by atoms with Crippen LogP contribution in [-0.4, -0.2) is 13.7 Å². The fourth-order valence-electron chi connectivity index (χ4n) is 4.73. The van der Waals surface area contributed by atoms with Crippen LogP contribution in [0, 0.1) is 46.5 Å². The minimum Gasteiger partial charge on any atom is -0.218 e. The maximum Gasteiger partial charge on any atom is 0.218 e. The molecule has 0 amide bonds. The zero-order chi connectivity index (χ0) is 35.7. The van der Waals surface area contributed by atoms with Gasteiger partial charge in [-0.2, -0.15) is 0 Å². The summed E-state index contributed by atoms with van der Waals surface area (Å²) >= 11 is 3.36. The van der Waals surface area contributed by atoms with Crippen molar-refractivity contribution in [3.8, 4) is 0 Å². The third-order valence-corrected chi connectivity index (χ3v) is 13.3. The molecular weight excluding hydrogens is 721 g/mol. The number of rotatable bonds is 12. The van der Waals surface area contributed by atoms with Crippen LogP contribution in [0.15, 0.2) is 82.8 Å². The molecule has 0 aliphatic rings. The van der Waals surface area contributed by atoms with Crippen molar-refractivity contribution in [3.63, 3.8) is 0 Å². The summed E-state index contributed by atoms with van der Waals surface area (Å²) in [6.07, 6.45) is 0.986. The average Bonchev–Trinajstić information content (AvgIpc) is 3.06. The summed E-state index contributed by atoms with van der Waals surface area (Å²) in [5.74, 6) is -18.6. The molecule has 0 bridgehead atoms. The van der Waals surface area contributed by atoms with E-state index in [1.54, 1.807) is 23.9 Å². The van der Waals surface area contributed by atoms with Gasteiger partial charge in [0.2, 0.25) is 9.84 Å². The van der Waals surface area contributed by atoms with Crippen LogP contribution >= 0.6 is 35.3 Å². The molecule has 48 heavy (non-hydrogen) atoms. The van der Waals surface area contributed by atoms with Gasteiger partial charge >= 0.3 is 0 Å². The van der Waals surface area contributed by atoms with E-state index in [0.29, 0.717) is 5.25 Å². The largest absolute Gasteiger partial charge is 0.218 e. The highest BCUT2D eigenvalue weighted by Crippen LogP contribution is 2.43. The van der Waals surface area contributed by atoms with Crippen molar-refractivity contribution in [2.75, 3.05) is 0 Å². The van der Waals surface area contributed by atoms with Gasteiger partial charge in [0.1, 0.15) is 9.79 Å². The minimum absolute atomic E-state index is 0.0194. The number of hydrogen-bond donors (Lipinski definition) is 0. The molecule has 0 N–H and O–H groups in total. The Bertz CT molecular complexity index is 1870. The highest BCUT2D eigenvalue weighted by molar-refractivity contribution is 8.00. The molecule has 4 rings (SSSR count). The van der Waals surface area contributed by atoms with Gasteiger partial charge < -0.3 is 0 Å². The monoisotopic (exact) mass is 750 g/mol. The van der Waals surface area contributed by atoms with Crippen LogP contribution in [-0.2, 0) is 15.3 Å². The normalized spacial score (nSPS) is 12.9. The Morgan fingerprint density at radius 1 is 0.583 bits per heavy atom. The Morgan fingerprint density at radius 3 is 1.31 bits per heavy atom. The molecule has 1 unspecified atom stereocenters. The lowest BCUT2D eigenvalue weighted by Crippen LogP contribution is -2.27. The van der Waals surface area contributed by atoms with Crippen molar-refractivity contribution in [2.45, 2.75) is 98.8 Å². The van der Waals surface area contributed by atoms with Crippen LogP contribution in [0.5, 0.6) is 0 Å². The van der Waals surface area contributed by atoms with Crippen molar-refractivity contribution in [2.24, 2.45) is 0 Å². The molecule has 1 atom stereocenters. The van der Waals surface area contributed by atoms with Crippen molar-refractivity contribution >= 4 is 45.1 Å². The summed E-state index contributed by atoms with van der Waals surface area (Å²) in [6, 6.07) is 13.9. The summed E-state index contributed by atoms with van der Waals surface area (Å²) in [6.45, 7) is 8.46. The SMILES string of the molecule is CCC(C)Sc1ccc(Sc2ccc(Sc3c(F)c(F)c(S(=O)(=O)c4c(F)c(F)c(C(C)(CC)CC)c(F)c4F)c(F)c3F)cc2)cc1. The van der Waals surface area contributed by atoms with Crippen LogP contribution in [0.25, 0.3) is 0 Å². The third kappa shape index (κ3) is 7.27. The van der Waals surface area contributed by atoms with Gasteiger partial charge in [0.25, 0.3) is 0 Å². The number of sulfone groups is 1. The molecular formula is C34H30F8O2S4. The predicted octanol–water partition coefficient (Wildman–Crippen LogP) is 11.9. The summed E-state index contributed by atoms with van der Waals surface area (Å²) in [5.41, 5.74) is -2.59. The van der Waals surface area contributed by atoms with Gasteiger partial charge in [0.05, 0.1) is 4.90 Å². The Labute approximate surface area is 287 Å². The maximum atomic E-state index is 15.2. The fourth-order valence-corrected chi connectivity index (χ4v) is 8.85. The molecule has 0 aliphatic carbocycles. The molecule has 2 nitrogen and oxygen atoms in total. The van der Waals surface area contributed by atoms with E-state index in [2.05, 4.69) is 13.8 Å². The molecule has 0 fully saturated rings. The van der Waals surface area contributed by atoms with Gasteiger partial charge in [-0.25, -0.2) is 43.5 Å². The van der Waals surface area contributed by atoms with E-state index in [1.165, 1.54) is 44.7 Å². The molecule has 0 spiro atoms. The molecule has 4 aromatic carbocycles. The van der Waals surface area contributed by atoms with E-state index in [0.717, 1.165) is 21.1 Å². The molecule has 0 heterocycles. The standard InChI is InChI=1S/C34H30F8O2S4/c1-6-17(4)45-18-9-11-19(12-10-18)46-20-13-15-21(16-14-20)47-31-25(37)29(41)33(30(42)26(31)38)48(43,44)32-27(39)23(35)22(24(36)28(32)40)34(5,7-2)8-3/h9-17H,6-8H2,1-5H3. The van der Waals surface area contributed by atoms with Crippen LogP contribution in [0.4, 0.5) is 35.1 Å². The van der Waals surface area contributed by atoms with E-state index in [9.17, 15) is 8.42 Å². The van der Waals surface area contributed by atoms with E-state index < -0.39 is 82.0 Å². The Morgan fingerprint density at radius 2 is 0.938 bits per heavy atom. The summed E-state index contributed by atoms with van der Waals surface area (Å²) in [4.78, 5) is -3.26. The first-order valence-electron chi connectivity index (χ1n) is 14.7. The number of benzene rings is 4. The van der Waals surface area contributed by atoms with Gasteiger partial charge in [-0.3, -0.25) is 0 Å². The Hall–Kier alpha value is -2.68. The molecule has 0 saturated heterocycles. The first kappa shape index (κ1) is 38.1. The minimum atomic E-state index is -6.24. The van der Waals surface area contributed by atoms with Crippen molar-refractivity contribution in [1.82, 2.24) is 0 Å². The first-order chi connectivity index (χ1) is 22.5. The highest BCUT2D eigenvalue weighted by atomic mass is 32.2. The zero-order valence-electron chi connectivity index (χ0n) is 26.3. The predicted molar refractivity (Wildman–Crippen MR) is 173 cm³/mol. The Kier molecular flexibility index (Phi) is 12.0. The Balaban J connectivity index is 1.67.